The number of hydrogen-bond donors (Lipinski definition) is 2. The van der Waals surface area contributed by atoms with Crippen molar-refractivity contribution in [2.24, 2.45) is 0 Å². The molecule has 0 bridgehead atoms. The van der Waals surface area contributed by atoms with Gasteiger partial charge in [0.1, 0.15) is 18.1 Å². The number of para-hydroxylation sites is 2. The molecule has 2 aromatic carbocycles. The number of nitrogens with zero attached hydrogens (tertiary/aromatic N) is 2. The monoisotopic (exact) mass is 422 g/mol. The molecule has 0 aliphatic rings. The SMILES string of the molecule is O=C(Cn1c(CNC(=O)c2ccccc2Cl)nc2ccccc21)NCc1ccco1. The zero-order valence-corrected chi connectivity index (χ0v) is 16.7. The lowest BCUT2D eigenvalue weighted by Crippen LogP contribution is -2.29. The van der Waals surface area contributed by atoms with Crippen LogP contribution in [-0.4, -0.2) is 21.4 Å². The molecule has 0 spiro atoms. The highest BCUT2D eigenvalue weighted by molar-refractivity contribution is 6.33. The Balaban J connectivity index is 1.50. The Morgan fingerprint density at radius 2 is 1.77 bits per heavy atom. The van der Waals surface area contributed by atoms with E-state index in [1.807, 2.05) is 24.3 Å². The molecule has 2 N–H and O–H groups in total. The van der Waals surface area contributed by atoms with Crippen LogP contribution < -0.4 is 10.6 Å². The third-order valence-electron chi connectivity index (χ3n) is 4.60. The average Bonchev–Trinajstić information content (AvgIpc) is 3.39. The third kappa shape index (κ3) is 4.36. The van der Waals surface area contributed by atoms with Crippen LogP contribution in [0.15, 0.2) is 71.3 Å². The van der Waals surface area contributed by atoms with E-state index in [-0.39, 0.29) is 24.9 Å². The second kappa shape index (κ2) is 8.84. The van der Waals surface area contributed by atoms with Crippen LogP contribution >= 0.6 is 11.6 Å². The highest BCUT2D eigenvalue weighted by Gasteiger charge is 2.16. The van der Waals surface area contributed by atoms with Crippen LogP contribution in [0.3, 0.4) is 0 Å². The second-order valence-corrected chi connectivity index (χ2v) is 7.03. The number of halogens is 1. The number of rotatable bonds is 7. The van der Waals surface area contributed by atoms with Gasteiger partial charge in [0, 0.05) is 0 Å². The van der Waals surface area contributed by atoms with E-state index < -0.39 is 0 Å². The average molecular weight is 423 g/mol. The molecule has 7 nitrogen and oxygen atoms in total. The maximum atomic E-state index is 12.5. The molecule has 0 atom stereocenters. The van der Waals surface area contributed by atoms with Gasteiger partial charge in [0.2, 0.25) is 5.91 Å². The summed E-state index contributed by atoms with van der Waals surface area (Å²) >= 11 is 6.10. The van der Waals surface area contributed by atoms with Crippen LogP contribution in [-0.2, 0) is 24.4 Å². The summed E-state index contributed by atoms with van der Waals surface area (Å²) in [5, 5.41) is 6.03. The second-order valence-electron chi connectivity index (χ2n) is 6.62. The number of imidazole rings is 1. The van der Waals surface area contributed by atoms with E-state index in [9.17, 15) is 9.59 Å². The van der Waals surface area contributed by atoms with E-state index in [0.717, 1.165) is 11.0 Å². The molecule has 0 radical (unpaired) electrons. The van der Waals surface area contributed by atoms with Crippen molar-refractivity contribution in [1.82, 2.24) is 20.2 Å². The molecule has 0 aliphatic carbocycles. The lowest BCUT2D eigenvalue weighted by Gasteiger charge is -2.11. The normalized spacial score (nSPS) is 10.8. The number of aromatic nitrogens is 2. The van der Waals surface area contributed by atoms with Gasteiger partial charge in [0.05, 0.1) is 41.0 Å². The fourth-order valence-corrected chi connectivity index (χ4v) is 3.36. The van der Waals surface area contributed by atoms with Crippen LogP contribution in [0.1, 0.15) is 21.9 Å². The van der Waals surface area contributed by atoms with Gasteiger partial charge in [-0.1, -0.05) is 35.9 Å². The Labute approximate surface area is 177 Å². The third-order valence-corrected chi connectivity index (χ3v) is 4.93. The van der Waals surface area contributed by atoms with E-state index in [4.69, 9.17) is 16.0 Å². The largest absolute Gasteiger partial charge is 0.467 e. The first-order valence-corrected chi connectivity index (χ1v) is 9.75. The first-order chi connectivity index (χ1) is 14.6. The van der Waals surface area contributed by atoms with E-state index in [2.05, 4.69) is 15.6 Å². The standard InChI is InChI=1S/C22H19ClN4O3/c23-17-8-2-1-7-16(17)22(29)25-13-20-26-18-9-3-4-10-19(18)27(20)14-21(28)24-12-15-6-5-11-30-15/h1-11H,12-14H2,(H,24,28)(H,25,29). The van der Waals surface area contributed by atoms with E-state index in [0.29, 0.717) is 28.7 Å². The predicted molar refractivity (Wildman–Crippen MR) is 113 cm³/mol. The molecule has 2 heterocycles. The zero-order valence-electron chi connectivity index (χ0n) is 16.0. The number of benzene rings is 2. The summed E-state index contributed by atoms with van der Waals surface area (Å²) in [5.74, 6) is 0.755. The molecule has 2 amide bonds. The summed E-state index contributed by atoms with van der Waals surface area (Å²) in [5.41, 5.74) is 1.95. The molecule has 4 aromatic rings. The van der Waals surface area contributed by atoms with E-state index >= 15 is 0 Å². The Bertz CT molecular complexity index is 1180. The van der Waals surface area contributed by atoms with Gasteiger partial charge in [-0.2, -0.15) is 0 Å². The first kappa shape index (κ1) is 19.7. The van der Waals surface area contributed by atoms with Crippen LogP contribution in [0.5, 0.6) is 0 Å². The number of furan rings is 1. The zero-order chi connectivity index (χ0) is 20.9. The Morgan fingerprint density at radius 1 is 0.967 bits per heavy atom. The van der Waals surface area contributed by atoms with Crippen molar-refractivity contribution in [3.63, 3.8) is 0 Å². The molecule has 30 heavy (non-hydrogen) atoms. The molecular formula is C22H19ClN4O3. The summed E-state index contributed by atoms with van der Waals surface area (Å²) in [4.78, 5) is 29.6. The molecule has 152 valence electrons. The Kier molecular flexibility index (Phi) is 5.81. The minimum Gasteiger partial charge on any atom is -0.467 e. The minimum atomic E-state index is -0.304. The predicted octanol–water partition coefficient (Wildman–Crippen LogP) is 3.53. The summed E-state index contributed by atoms with van der Waals surface area (Å²) in [6, 6.07) is 17.9. The smallest absolute Gasteiger partial charge is 0.253 e. The number of hydrogen-bond acceptors (Lipinski definition) is 4. The molecule has 2 aromatic heterocycles. The number of amides is 2. The lowest BCUT2D eigenvalue weighted by molar-refractivity contribution is -0.121. The van der Waals surface area contributed by atoms with Gasteiger partial charge in [0.25, 0.3) is 5.91 Å². The highest BCUT2D eigenvalue weighted by Crippen LogP contribution is 2.17. The van der Waals surface area contributed by atoms with Crippen molar-refractivity contribution in [1.29, 1.82) is 0 Å². The van der Waals surface area contributed by atoms with Crippen LogP contribution in [0.4, 0.5) is 0 Å². The van der Waals surface area contributed by atoms with Crippen molar-refractivity contribution in [2.75, 3.05) is 0 Å². The minimum absolute atomic E-state index is 0.0680. The maximum absolute atomic E-state index is 12.5. The van der Waals surface area contributed by atoms with Gasteiger partial charge in [-0.25, -0.2) is 4.98 Å². The first-order valence-electron chi connectivity index (χ1n) is 9.38. The number of nitrogens with one attached hydrogen (secondary N) is 2. The summed E-state index contributed by atoms with van der Waals surface area (Å²) in [6.45, 7) is 0.528. The summed E-state index contributed by atoms with van der Waals surface area (Å²) in [6.07, 6.45) is 1.56. The molecular weight excluding hydrogens is 404 g/mol. The summed E-state index contributed by atoms with van der Waals surface area (Å²) < 4.78 is 7.03. The van der Waals surface area contributed by atoms with E-state index in [1.54, 1.807) is 47.2 Å². The van der Waals surface area contributed by atoms with Crippen molar-refractivity contribution < 1.29 is 14.0 Å². The molecule has 0 saturated heterocycles. The Morgan fingerprint density at radius 3 is 2.57 bits per heavy atom. The molecule has 4 rings (SSSR count). The molecule has 0 unspecified atom stereocenters. The van der Waals surface area contributed by atoms with Crippen molar-refractivity contribution in [3.8, 4) is 0 Å². The topological polar surface area (TPSA) is 89.2 Å². The van der Waals surface area contributed by atoms with Crippen molar-refractivity contribution in [2.45, 2.75) is 19.6 Å². The number of carbonyl (C=O) groups excluding carboxylic acids is 2. The van der Waals surface area contributed by atoms with Crippen LogP contribution in [0.2, 0.25) is 5.02 Å². The number of fused-ring (bicyclic) bond motifs is 1. The van der Waals surface area contributed by atoms with Gasteiger partial charge in [-0.3, -0.25) is 9.59 Å². The van der Waals surface area contributed by atoms with Gasteiger partial charge in [0.15, 0.2) is 0 Å². The summed E-state index contributed by atoms with van der Waals surface area (Å²) in [7, 11) is 0. The molecule has 0 saturated carbocycles. The van der Waals surface area contributed by atoms with Gasteiger partial charge < -0.3 is 19.6 Å². The molecule has 0 aliphatic heterocycles. The van der Waals surface area contributed by atoms with Crippen molar-refractivity contribution >= 4 is 34.4 Å². The van der Waals surface area contributed by atoms with E-state index in [1.165, 1.54) is 0 Å². The quantitative estimate of drug-likeness (QED) is 0.477. The van der Waals surface area contributed by atoms with Crippen molar-refractivity contribution in [3.05, 3.63) is 89.1 Å². The lowest BCUT2D eigenvalue weighted by atomic mass is 10.2. The molecule has 0 fully saturated rings. The van der Waals surface area contributed by atoms with Gasteiger partial charge in [-0.15, -0.1) is 0 Å². The maximum Gasteiger partial charge on any atom is 0.253 e. The molecule has 8 heteroatoms. The Hall–Kier alpha value is -3.58. The van der Waals surface area contributed by atoms with Crippen LogP contribution in [0, 0.1) is 0 Å². The number of carbonyl (C=O) groups is 2. The van der Waals surface area contributed by atoms with Gasteiger partial charge >= 0.3 is 0 Å². The fourth-order valence-electron chi connectivity index (χ4n) is 3.14. The van der Waals surface area contributed by atoms with Gasteiger partial charge in [-0.05, 0) is 36.4 Å². The van der Waals surface area contributed by atoms with Crippen LogP contribution in [0.25, 0.3) is 11.0 Å². The fraction of sp³-hybridized carbons (Fsp3) is 0.136. The highest BCUT2D eigenvalue weighted by atomic mass is 35.5.